The molecule has 1 rings (SSSR count). The molecule has 0 radical (unpaired) electrons. The van der Waals surface area contributed by atoms with Gasteiger partial charge in [0.2, 0.25) is 0 Å². The van der Waals surface area contributed by atoms with Crippen LogP contribution in [0.25, 0.3) is 0 Å². The Labute approximate surface area is 99.5 Å². The lowest BCUT2D eigenvalue weighted by Crippen LogP contribution is -2.06. The predicted molar refractivity (Wildman–Crippen MR) is 63.8 cm³/mol. The summed E-state index contributed by atoms with van der Waals surface area (Å²) in [7, 11) is 1.41. The van der Waals surface area contributed by atoms with Crippen LogP contribution in [0.15, 0.2) is 24.3 Å². The van der Waals surface area contributed by atoms with E-state index in [-0.39, 0.29) is 17.1 Å². The maximum atomic E-state index is 11.8. The molecule has 0 fully saturated rings. The largest absolute Gasteiger partial charge is 0.496 e. The molecule has 17 heavy (non-hydrogen) atoms. The number of carboxylic acid groups (broad SMARTS) is 1. The molecular weight excluding hydrogens is 220 g/mol. The van der Waals surface area contributed by atoms with Gasteiger partial charge in [-0.3, -0.25) is 4.79 Å². The number of carboxylic acids is 1. The molecular formula is C13H14O4. The Hall–Kier alpha value is -2.10. The Morgan fingerprint density at radius 3 is 2.47 bits per heavy atom. The number of hydrogen-bond acceptors (Lipinski definition) is 3. The van der Waals surface area contributed by atoms with Crippen LogP contribution in [0, 0.1) is 6.92 Å². The van der Waals surface area contributed by atoms with Gasteiger partial charge >= 0.3 is 5.97 Å². The molecule has 90 valence electrons. The zero-order chi connectivity index (χ0) is 13.0. The predicted octanol–water partition coefficient (Wildman–Crippen LogP) is 2.46. The van der Waals surface area contributed by atoms with Gasteiger partial charge in [0.15, 0.2) is 5.78 Å². The fourth-order valence-corrected chi connectivity index (χ4v) is 1.59. The molecule has 4 nitrogen and oxygen atoms in total. The standard InChI is InChI=1S/C13H14O4/c1-4-5-10(14)12-8(2)6-9(13(15)16)7-11(12)17-3/h4-7H,1-3H3,(H,15,16)/b5-4+. The monoisotopic (exact) mass is 234 g/mol. The van der Waals surface area contributed by atoms with E-state index < -0.39 is 5.97 Å². The van der Waals surface area contributed by atoms with Crippen LogP contribution in [-0.2, 0) is 0 Å². The average Bonchev–Trinajstić information content (AvgIpc) is 2.27. The lowest BCUT2D eigenvalue weighted by atomic mass is 10.00. The van der Waals surface area contributed by atoms with Gasteiger partial charge in [-0.2, -0.15) is 0 Å². The smallest absolute Gasteiger partial charge is 0.335 e. The number of carbonyl (C=O) groups excluding carboxylic acids is 1. The van der Waals surface area contributed by atoms with Crippen molar-refractivity contribution in [1.82, 2.24) is 0 Å². The fourth-order valence-electron chi connectivity index (χ4n) is 1.59. The Kier molecular flexibility index (Phi) is 4.04. The summed E-state index contributed by atoms with van der Waals surface area (Å²) >= 11 is 0. The van der Waals surface area contributed by atoms with Crippen molar-refractivity contribution in [3.8, 4) is 5.75 Å². The molecule has 0 heterocycles. The van der Waals surface area contributed by atoms with Crippen molar-refractivity contribution < 1.29 is 19.4 Å². The van der Waals surface area contributed by atoms with Gasteiger partial charge in [0, 0.05) is 0 Å². The molecule has 0 saturated carbocycles. The number of ether oxygens (including phenoxy) is 1. The normalized spacial score (nSPS) is 10.5. The number of benzene rings is 1. The van der Waals surface area contributed by atoms with Gasteiger partial charge in [-0.05, 0) is 37.6 Å². The summed E-state index contributed by atoms with van der Waals surface area (Å²) in [5.41, 5.74) is 1.09. The number of rotatable bonds is 4. The first-order valence-electron chi connectivity index (χ1n) is 5.10. The van der Waals surface area contributed by atoms with Crippen LogP contribution in [0.2, 0.25) is 0 Å². The molecule has 1 N–H and O–H groups in total. The third kappa shape index (κ3) is 2.72. The highest BCUT2D eigenvalue weighted by Crippen LogP contribution is 2.25. The Morgan fingerprint density at radius 2 is 2.00 bits per heavy atom. The molecule has 0 unspecified atom stereocenters. The summed E-state index contributed by atoms with van der Waals surface area (Å²) in [6.07, 6.45) is 3.05. The van der Waals surface area contributed by atoms with Gasteiger partial charge in [-0.25, -0.2) is 4.79 Å². The highest BCUT2D eigenvalue weighted by atomic mass is 16.5. The first-order valence-corrected chi connectivity index (χ1v) is 5.10. The van der Waals surface area contributed by atoms with Crippen LogP contribution >= 0.6 is 0 Å². The van der Waals surface area contributed by atoms with Crippen molar-refractivity contribution in [2.75, 3.05) is 7.11 Å². The lowest BCUT2D eigenvalue weighted by molar-refractivity contribution is 0.0696. The molecule has 0 aliphatic carbocycles. The van der Waals surface area contributed by atoms with Crippen LogP contribution in [0.1, 0.15) is 33.2 Å². The van der Waals surface area contributed by atoms with Gasteiger partial charge in [-0.15, -0.1) is 0 Å². The number of methoxy groups -OCH3 is 1. The summed E-state index contributed by atoms with van der Waals surface area (Å²) in [6, 6.07) is 2.81. The summed E-state index contributed by atoms with van der Waals surface area (Å²) in [5, 5.41) is 8.91. The molecule has 1 aromatic carbocycles. The minimum atomic E-state index is -1.04. The van der Waals surface area contributed by atoms with E-state index in [2.05, 4.69) is 0 Å². The SMILES string of the molecule is C/C=C/C(=O)c1c(C)cc(C(=O)O)cc1OC. The van der Waals surface area contributed by atoms with Crippen LogP contribution in [0.3, 0.4) is 0 Å². The highest BCUT2D eigenvalue weighted by molar-refractivity contribution is 6.08. The van der Waals surface area contributed by atoms with Crippen LogP contribution < -0.4 is 4.74 Å². The van der Waals surface area contributed by atoms with Crippen LogP contribution in [0.5, 0.6) is 5.75 Å². The van der Waals surface area contributed by atoms with Crippen LogP contribution in [0.4, 0.5) is 0 Å². The van der Waals surface area contributed by atoms with Gasteiger partial charge in [0.25, 0.3) is 0 Å². The van der Waals surface area contributed by atoms with Gasteiger partial charge in [0.1, 0.15) is 5.75 Å². The number of aryl methyl sites for hydroxylation is 1. The maximum absolute atomic E-state index is 11.8. The van der Waals surface area contributed by atoms with E-state index in [1.807, 2.05) is 0 Å². The van der Waals surface area contributed by atoms with E-state index in [1.54, 1.807) is 19.9 Å². The molecule has 0 aliphatic rings. The van der Waals surface area contributed by atoms with Crippen molar-refractivity contribution >= 4 is 11.8 Å². The quantitative estimate of drug-likeness (QED) is 0.642. The van der Waals surface area contributed by atoms with E-state index in [1.165, 1.54) is 25.3 Å². The molecule has 0 saturated heterocycles. The second-order valence-corrected chi connectivity index (χ2v) is 3.54. The Morgan fingerprint density at radius 1 is 1.35 bits per heavy atom. The average molecular weight is 234 g/mol. The Balaban J connectivity index is 3.40. The van der Waals surface area contributed by atoms with Gasteiger partial charge in [-0.1, -0.05) is 6.08 Å². The molecule has 0 spiro atoms. The minimum absolute atomic E-state index is 0.108. The third-order valence-corrected chi connectivity index (χ3v) is 2.33. The first kappa shape index (κ1) is 13.0. The maximum Gasteiger partial charge on any atom is 0.335 e. The zero-order valence-corrected chi connectivity index (χ0v) is 9.98. The van der Waals surface area contributed by atoms with E-state index in [0.717, 1.165) is 0 Å². The topological polar surface area (TPSA) is 63.6 Å². The van der Waals surface area contributed by atoms with Crippen molar-refractivity contribution in [2.24, 2.45) is 0 Å². The first-order chi connectivity index (χ1) is 8.01. The van der Waals surface area contributed by atoms with E-state index >= 15 is 0 Å². The number of aromatic carboxylic acids is 1. The van der Waals surface area contributed by atoms with Gasteiger partial charge in [0.05, 0.1) is 18.2 Å². The lowest BCUT2D eigenvalue weighted by Gasteiger charge is -2.10. The summed E-state index contributed by atoms with van der Waals surface area (Å²) in [5.74, 6) is -0.958. The second kappa shape index (κ2) is 5.30. The van der Waals surface area contributed by atoms with Gasteiger partial charge < -0.3 is 9.84 Å². The van der Waals surface area contributed by atoms with E-state index in [4.69, 9.17) is 9.84 Å². The molecule has 0 bridgehead atoms. The van der Waals surface area contributed by atoms with E-state index in [9.17, 15) is 9.59 Å². The number of carbonyl (C=O) groups is 2. The number of allylic oxidation sites excluding steroid dienone is 2. The third-order valence-electron chi connectivity index (χ3n) is 2.33. The van der Waals surface area contributed by atoms with Crippen molar-refractivity contribution in [3.63, 3.8) is 0 Å². The van der Waals surface area contributed by atoms with Crippen molar-refractivity contribution in [1.29, 1.82) is 0 Å². The minimum Gasteiger partial charge on any atom is -0.496 e. The number of ketones is 1. The molecule has 0 aromatic heterocycles. The molecule has 0 atom stereocenters. The van der Waals surface area contributed by atoms with Crippen molar-refractivity contribution in [2.45, 2.75) is 13.8 Å². The molecule has 0 aliphatic heterocycles. The summed E-state index contributed by atoms with van der Waals surface area (Å²) < 4.78 is 5.07. The molecule has 1 aromatic rings. The Bertz CT molecular complexity index is 486. The fraction of sp³-hybridized carbons (Fsp3) is 0.231. The highest BCUT2D eigenvalue weighted by Gasteiger charge is 2.16. The molecule has 4 heteroatoms. The van der Waals surface area contributed by atoms with Crippen molar-refractivity contribution in [3.05, 3.63) is 41.0 Å². The van der Waals surface area contributed by atoms with E-state index in [0.29, 0.717) is 11.1 Å². The second-order valence-electron chi connectivity index (χ2n) is 3.54. The zero-order valence-electron chi connectivity index (χ0n) is 9.98. The summed E-state index contributed by atoms with van der Waals surface area (Å²) in [4.78, 5) is 22.7. The van der Waals surface area contributed by atoms with Crippen LogP contribution in [-0.4, -0.2) is 24.0 Å². The molecule has 0 amide bonds. The summed E-state index contributed by atoms with van der Waals surface area (Å²) in [6.45, 7) is 3.43. The number of hydrogen-bond donors (Lipinski definition) is 1.